The summed E-state index contributed by atoms with van der Waals surface area (Å²) in [5, 5.41) is 16.0. The number of carbonyl (C=O) groups is 5. The molecule has 2 atom stereocenters. The number of carbonyl (C=O) groups excluding carboxylic acids is 5. The summed E-state index contributed by atoms with van der Waals surface area (Å²) in [6.45, 7) is 0.938. The normalized spacial score (nSPS) is 17.1. The lowest BCUT2D eigenvalue weighted by molar-refractivity contribution is -0.385. The molecule has 4 aliphatic rings. The van der Waals surface area contributed by atoms with Crippen molar-refractivity contribution in [3.63, 3.8) is 0 Å². The first-order chi connectivity index (χ1) is 38.7. The molecule has 8 heterocycles. The quantitative estimate of drug-likeness (QED) is 0.0517. The molecule has 22 nitrogen and oxygen atoms in total. The van der Waals surface area contributed by atoms with Crippen LogP contribution in [0, 0.1) is 10.1 Å². The van der Waals surface area contributed by atoms with Crippen molar-refractivity contribution in [3.8, 4) is 22.8 Å². The highest BCUT2D eigenvalue weighted by molar-refractivity contribution is 5.90. The predicted octanol–water partition coefficient (Wildman–Crippen LogP) is 8.85. The number of para-hydroxylation sites is 4. The Bertz CT molecular complexity index is 3930. The molecule has 0 unspecified atom stereocenters. The van der Waals surface area contributed by atoms with Gasteiger partial charge in [0.15, 0.2) is 0 Å². The molecule has 80 heavy (non-hydrogen) atoms. The number of hydrogen-bond donors (Lipinski definition) is 1. The summed E-state index contributed by atoms with van der Waals surface area (Å²) < 4.78 is 42.5. The molecule has 4 aliphatic heterocycles. The number of benzene rings is 4. The van der Waals surface area contributed by atoms with Crippen molar-refractivity contribution < 1.29 is 62.1 Å². The van der Waals surface area contributed by atoms with Crippen LogP contribution < -0.4 is 16.4 Å². The van der Waals surface area contributed by atoms with E-state index in [1.807, 2.05) is 60.7 Å². The maximum Gasteiger partial charge on any atom is 0.510 e. The van der Waals surface area contributed by atoms with Gasteiger partial charge in [0.25, 0.3) is 16.8 Å². The first-order valence-corrected chi connectivity index (χ1v) is 25.4. The lowest BCUT2D eigenvalue weighted by atomic mass is 9.85. The van der Waals surface area contributed by atoms with Crippen molar-refractivity contribution in [1.29, 1.82) is 0 Å². The molecule has 12 rings (SSSR count). The van der Waals surface area contributed by atoms with E-state index in [9.17, 15) is 43.7 Å². The SMILES string of the molecule is CC[C@@]1(OC(=O)OCc2cccc(COC(=O)O[C@]3(CC)C(=O)OCc4c3cc3n(c4=O)Cc4cc5ccccc5nc4-3)c2NC(=O)OCc2ccccc2[N+](=O)[O-])C(=O)OCc2c1cc1n(c2=O)Cc2cc3ccccc3nc2-1. The topological polar surface area (TPSA) is 275 Å². The smallest absolute Gasteiger partial charge is 0.457 e. The summed E-state index contributed by atoms with van der Waals surface area (Å²) in [5.41, 5.74) is -0.235. The molecule has 0 spiro atoms. The third-order valence-electron chi connectivity index (χ3n) is 15.0. The zero-order valence-corrected chi connectivity index (χ0v) is 42.6. The Morgan fingerprint density at radius 1 is 0.613 bits per heavy atom. The molecule has 1 N–H and O–H groups in total. The Balaban J connectivity index is 0.818. The minimum Gasteiger partial charge on any atom is -0.457 e. The molecule has 0 bridgehead atoms. The Hall–Kier alpha value is -10.3. The molecule has 1 amide bonds. The second kappa shape index (κ2) is 19.6. The largest absolute Gasteiger partial charge is 0.510 e. The first-order valence-electron chi connectivity index (χ1n) is 25.4. The number of pyridine rings is 4. The number of nitrogens with one attached hydrogen (secondary N) is 1. The highest BCUT2D eigenvalue weighted by Crippen LogP contribution is 2.43. The van der Waals surface area contributed by atoms with Crippen LogP contribution in [0.5, 0.6) is 0 Å². The van der Waals surface area contributed by atoms with Crippen LogP contribution in [0.15, 0.2) is 125 Å². The molecule has 0 radical (unpaired) electrons. The molecule has 4 aromatic heterocycles. The van der Waals surface area contributed by atoms with Gasteiger partial charge in [0.2, 0.25) is 11.2 Å². The Kier molecular flexibility index (Phi) is 12.4. The average molecular weight is 1080 g/mol. The van der Waals surface area contributed by atoms with E-state index in [1.165, 1.54) is 51.6 Å². The highest BCUT2D eigenvalue weighted by Gasteiger charge is 2.52. The maximum absolute atomic E-state index is 14.1. The fraction of sp³-hybridized carbons (Fsp3) is 0.224. The van der Waals surface area contributed by atoms with E-state index in [1.54, 1.807) is 26.0 Å². The van der Waals surface area contributed by atoms with Crippen molar-refractivity contribution in [2.24, 2.45) is 0 Å². The van der Waals surface area contributed by atoms with Gasteiger partial charge in [0.1, 0.15) is 33.0 Å². The molecule has 4 aromatic carbocycles. The number of nitrogens with zero attached hydrogens (tertiary/aromatic N) is 5. The van der Waals surface area contributed by atoms with Gasteiger partial charge >= 0.3 is 30.3 Å². The maximum atomic E-state index is 14.1. The summed E-state index contributed by atoms with van der Waals surface area (Å²) in [6, 6.07) is 32.0. The number of hydrogen-bond acceptors (Lipinski definition) is 18. The van der Waals surface area contributed by atoms with Gasteiger partial charge < -0.3 is 42.3 Å². The number of amides is 1. The van der Waals surface area contributed by atoms with Crippen LogP contribution in [0.3, 0.4) is 0 Å². The summed E-state index contributed by atoms with van der Waals surface area (Å²) >= 11 is 0. The van der Waals surface area contributed by atoms with E-state index in [4.69, 9.17) is 43.1 Å². The summed E-state index contributed by atoms with van der Waals surface area (Å²) in [6.07, 6.45) is -4.25. The van der Waals surface area contributed by atoms with E-state index < -0.39 is 77.4 Å². The zero-order chi connectivity index (χ0) is 55.6. The molecule has 0 aliphatic carbocycles. The molecule has 0 fully saturated rings. The summed E-state index contributed by atoms with van der Waals surface area (Å²) in [5.74, 6) is -1.90. The fourth-order valence-electron chi connectivity index (χ4n) is 10.9. The van der Waals surface area contributed by atoms with Crippen molar-refractivity contribution in [1.82, 2.24) is 19.1 Å². The minimum absolute atomic E-state index is 0.0630. The van der Waals surface area contributed by atoms with E-state index in [2.05, 4.69) is 5.32 Å². The Labute approximate surface area is 451 Å². The lowest BCUT2D eigenvalue weighted by Crippen LogP contribution is -2.47. The van der Waals surface area contributed by atoms with Crippen LogP contribution in [0.4, 0.5) is 25.8 Å². The summed E-state index contributed by atoms with van der Waals surface area (Å²) in [4.78, 5) is 118. The number of ether oxygens (including phenoxy) is 7. The molecule has 8 aromatic rings. The second-order valence-corrected chi connectivity index (χ2v) is 19.3. The zero-order valence-electron chi connectivity index (χ0n) is 42.6. The van der Waals surface area contributed by atoms with Gasteiger partial charge in [-0.25, -0.2) is 33.9 Å². The number of cyclic esters (lactones) is 2. The van der Waals surface area contributed by atoms with E-state index in [0.29, 0.717) is 33.8 Å². The van der Waals surface area contributed by atoms with Gasteiger partial charge in [-0.2, -0.15) is 0 Å². The average Bonchev–Trinajstić information content (AvgIpc) is 4.13. The third-order valence-corrected chi connectivity index (χ3v) is 15.0. The van der Waals surface area contributed by atoms with Gasteiger partial charge in [-0.15, -0.1) is 0 Å². The number of rotatable bonds is 12. The Morgan fingerprint density at radius 2 is 1.06 bits per heavy atom. The fourth-order valence-corrected chi connectivity index (χ4v) is 10.9. The van der Waals surface area contributed by atoms with Crippen LogP contribution in [-0.4, -0.2) is 54.4 Å². The molecular weight excluding hydrogens is 1040 g/mol. The van der Waals surface area contributed by atoms with Crippen LogP contribution in [0.1, 0.15) is 76.8 Å². The number of nitro benzene ring substituents is 1. The van der Waals surface area contributed by atoms with Crippen LogP contribution in [-0.2, 0) is 100 Å². The van der Waals surface area contributed by atoms with Crippen molar-refractivity contribution >= 4 is 63.5 Å². The molecule has 0 saturated carbocycles. The van der Waals surface area contributed by atoms with Gasteiger partial charge in [-0.1, -0.05) is 80.6 Å². The van der Waals surface area contributed by atoms with Crippen molar-refractivity contribution in [3.05, 3.63) is 196 Å². The Morgan fingerprint density at radius 3 is 1.55 bits per heavy atom. The van der Waals surface area contributed by atoms with Crippen molar-refractivity contribution in [2.45, 2.75) is 84.0 Å². The lowest BCUT2D eigenvalue weighted by Gasteiger charge is -2.35. The number of fused-ring (bicyclic) bond motifs is 10. The van der Waals surface area contributed by atoms with Gasteiger partial charge in [-0.3, -0.25) is 25.0 Å². The number of nitro groups is 1. The minimum atomic E-state index is -2.15. The highest BCUT2D eigenvalue weighted by atomic mass is 16.7. The third kappa shape index (κ3) is 8.38. The monoisotopic (exact) mass is 1080 g/mol. The molecule has 22 heteroatoms. The van der Waals surface area contributed by atoms with E-state index >= 15 is 0 Å². The van der Waals surface area contributed by atoms with Gasteiger partial charge in [-0.05, 0) is 55.3 Å². The summed E-state index contributed by atoms with van der Waals surface area (Å²) in [7, 11) is 0. The molecule has 402 valence electrons. The van der Waals surface area contributed by atoms with Crippen LogP contribution in [0.2, 0.25) is 0 Å². The first kappa shape index (κ1) is 50.6. The molecule has 0 saturated heterocycles. The second-order valence-electron chi connectivity index (χ2n) is 19.3. The number of anilines is 1. The van der Waals surface area contributed by atoms with Crippen LogP contribution >= 0.6 is 0 Å². The van der Waals surface area contributed by atoms with E-state index in [0.717, 1.165) is 21.9 Å². The number of esters is 2. The van der Waals surface area contributed by atoms with Gasteiger partial charge in [0.05, 0.1) is 74.2 Å². The van der Waals surface area contributed by atoms with Crippen molar-refractivity contribution in [2.75, 3.05) is 5.32 Å². The van der Waals surface area contributed by atoms with E-state index in [-0.39, 0.29) is 89.5 Å². The standard InChI is InChI=1S/C58H44N6O16/c1-3-57(40-22-45-48-36(20-31-12-5-8-17-42(31)59-48)24-62(45)50(65)38(40)29-74-52(57)67)79-55(70)77-27-34-15-11-16-35(47(34)61-54(69)76-26-33-14-7-10-19-44(33)64(72)73)28-78-56(71)80-58(4-2)41-23-46-49-37(21-32-13-6-9-18-43(32)60-49)25-63(46)51(66)39(41)30-75-53(58)68/h5-23H,3-4,24-30H2,1-2H3,(H,61,69)/t57-,58-/m0/s1. The van der Waals surface area contributed by atoms with Gasteiger partial charge in [0, 0.05) is 50.2 Å². The predicted molar refractivity (Wildman–Crippen MR) is 280 cm³/mol. The van der Waals surface area contributed by atoms with Crippen LogP contribution in [0.25, 0.3) is 44.6 Å². The number of aromatic nitrogens is 4. The molecular formula is C58H44N6O16.